The number of thiocarbonyl (C=S) groups is 1. The Kier molecular flexibility index (Phi) is 5.24. The van der Waals surface area contributed by atoms with E-state index in [0.717, 1.165) is 11.1 Å². The van der Waals surface area contributed by atoms with Gasteiger partial charge in [-0.2, -0.15) is 5.10 Å². The van der Waals surface area contributed by atoms with E-state index in [1.807, 2.05) is 37.4 Å². The largest absolute Gasteiger partial charge is 0.357 e. The van der Waals surface area contributed by atoms with Crippen LogP contribution in [0.25, 0.3) is 6.08 Å². The van der Waals surface area contributed by atoms with Crippen LogP contribution in [0.3, 0.4) is 0 Å². The van der Waals surface area contributed by atoms with E-state index in [1.165, 1.54) is 0 Å². The molecule has 0 saturated carbocycles. The molecule has 0 unspecified atom stereocenters. The van der Waals surface area contributed by atoms with Gasteiger partial charge in [0.2, 0.25) is 0 Å². The maximum Gasteiger partial charge on any atom is 0.189 e. The van der Waals surface area contributed by atoms with Crippen LogP contribution in [0.2, 0.25) is 0 Å². The molecule has 0 aromatic heterocycles. The molecule has 1 aromatic rings. The van der Waals surface area contributed by atoms with Gasteiger partial charge in [-0.25, -0.2) is 5.01 Å². The van der Waals surface area contributed by atoms with Crippen LogP contribution in [0.1, 0.15) is 31.9 Å². The predicted molar refractivity (Wildman–Crippen MR) is 87.4 cm³/mol. The van der Waals surface area contributed by atoms with Gasteiger partial charge >= 0.3 is 0 Å². The normalized spacial score (nSPS) is 11.4. The van der Waals surface area contributed by atoms with Crippen molar-refractivity contribution in [2.75, 3.05) is 7.05 Å². The van der Waals surface area contributed by atoms with Crippen LogP contribution >= 0.6 is 12.2 Å². The molecule has 0 radical (unpaired) electrons. The fourth-order valence-electron chi connectivity index (χ4n) is 1.33. The van der Waals surface area contributed by atoms with Gasteiger partial charge in [-0.1, -0.05) is 36.9 Å². The van der Waals surface area contributed by atoms with Gasteiger partial charge in [-0.3, -0.25) is 0 Å². The minimum Gasteiger partial charge on any atom is -0.357 e. The number of nitrogens with one attached hydrogen (secondary N) is 1. The van der Waals surface area contributed by atoms with Crippen LogP contribution in [-0.4, -0.2) is 28.9 Å². The molecule has 0 atom stereocenters. The second-order valence-corrected chi connectivity index (χ2v) is 5.71. The molecule has 0 aliphatic rings. The quantitative estimate of drug-likeness (QED) is 0.521. The summed E-state index contributed by atoms with van der Waals surface area (Å²) >= 11 is 5.27. The minimum atomic E-state index is -0.0630. The number of hydrogen-bond donors (Lipinski definition) is 1. The van der Waals surface area contributed by atoms with E-state index in [9.17, 15) is 0 Å². The lowest BCUT2D eigenvalue weighted by molar-refractivity contribution is 0.455. The van der Waals surface area contributed by atoms with E-state index in [0.29, 0.717) is 5.11 Å². The van der Waals surface area contributed by atoms with E-state index in [1.54, 1.807) is 11.2 Å². The summed E-state index contributed by atoms with van der Waals surface area (Å²) in [5.74, 6) is 0. The van der Waals surface area contributed by atoms with Gasteiger partial charge < -0.3 is 5.32 Å². The summed E-state index contributed by atoms with van der Waals surface area (Å²) in [6.07, 6.45) is 3.60. The Morgan fingerprint density at radius 3 is 2.26 bits per heavy atom. The Morgan fingerprint density at radius 2 is 1.79 bits per heavy atom. The molecule has 0 fully saturated rings. The Labute approximate surface area is 121 Å². The average Bonchev–Trinajstić information content (AvgIpc) is 2.34. The molecule has 4 heteroatoms. The third-order valence-electron chi connectivity index (χ3n) is 2.33. The topological polar surface area (TPSA) is 27.6 Å². The molecule has 1 N–H and O–H groups in total. The summed E-state index contributed by atoms with van der Waals surface area (Å²) < 4.78 is 0. The molecule has 0 spiro atoms. The SMILES string of the molecule is C=Cc1ccc(C=NN(C)C(=S)NC(C)(C)C)cc1. The number of hydrazone groups is 1. The first-order valence-corrected chi connectivity index (χ1v) is 6.55. The first kappa shape index (κ1) is 15.4. The second-order valence-electron chi connectivity index (χ2n) is 5.32. The lowest BCUT2D eigenvalue weighted by Crippen LogP contribution is -2.45. The fraction of sp³-hybridized carbons (Fsp3) is 0.333. The van der Waals surface area contributed by atoms with E-state index in [4.69, 9.17) is 12.2 Å². The molecular formula is C15H21N3S. The van der Waals surface area contributed by atoms with Crippen molar-refractivity contribution in [1.29, 1.82) is 0 Å². The van der Waals surface area contributed by atoms with Gasteiger partial charge in [0.25, 0.3) is 0 Å². The van der Waals surface area contributed by atoms with Crippen molar-refractivity contribution >= 4 is 29.6 Å². The van der Waals surface area contributed by atoms with Crippen molar-refractivity contribution in [3.8, 4) is 0 Å². The highest BCUT2D eigenvalue weighted by atomic mass is 32.1. The smallest absolute Gasteiger partial charge is 0.189 e. The lowest BCUT2D eigenvalue weighted by atomic mass is 10.1. The Morgan fingerprint density at radius 1 is 1.26 bits per heavy atom. The number of hydrogen-bond acceptors (Lipinski definition) is 2. The van der Waals surface area contributed by atoms with Gasteiger partial charge in [0.15, 0.2) is 5.11 Å². The highest BCUT2D eigenvalue weighted by Gasteiger charge is 2.12. The van der Waals surface area contributed by atoms with Gasteiger partial charge in [0.05, 0.1) is 6.21 Å². The highest BCUT2D eigenvalue weighted by molar-refractivity contribution is 7.80. The van der Waals surface area contributed by atoms with Crippen LogP contribution in [0, 0.1) is 0 Å². The van der Waals surface area contributed by atoms with Gasteiger partial charge in [-0.15, -0.1) is 0 Å². The zero-order valence-corrected chi connectivity index (χ0v) is 12.8. The fourth-order valence-corrected chi connectivity index (χ4v) is 1.68. The molecule has 0 amide bonds. The summed E-state index contributed by atoms with van der Waals surface area (Å²) in [5, 5.41) is 9.77. The Hall–Kier alpha value is -1.68. The maximum atomic E-state index is 5.27. The zero-order valence-electron chi connectivity index (χ0n) is 12.0. The van der Waals surface area contributed by atoms with Crippen molar-refractivity contribution in [2.45, 2.75) is 26.3 Å². The Balaban J connectivity index is 2.64. The molecule has 0 aliphatic heterocycles. The molecule has 1 aromatic carbocycles. The molecule has 0 aliphatic carbocycles. The van der Waals surface area contributed by atoms with Crippen molar-refractivity contribution in [3.63, 3.8) is 0 Å². The summed E-state index contributed by atoms with van der Waals surface area (Å²) in [6, 6.07) is 7.99. The van der Waals surface area contributed by atoms with E-state index < -0.39 is 0 Å². The van der Waals surface area contributed by atoms with Crippen LogP contribution in [0.4, 0.5) is 0 Å². The number of benzene rings is 1. The third kappa shape index (κ3) is 5.66. The number of rotatable bonds is 3. The lowest BCUT2D eigenvalue weighted by Gasteiger charge is -2.25. The predicted octanol–water partition coefficient (Wildman–Crippen LogP) is 3.27. The first-order chi connectivity index (χ1) is 8.81. The first-order valence-electron chi connectivity index (χ1n) is 6.14. The standard InChI is InChI=1S/C15H21N3S/c1-6-12-7-9-13(10-8-12)11-16-18(5)14(19)17-15(2,3)4/h6-11H,1H2,2-5H3,(H,17,19). The van der Waals surface area contributed by atoms with Crippen LogP contribution in [0.5, 0.6) is 0 Å². The number of nitrogens with zero attached hydrogens (tertiary/aromatic N) is 2. The molecule has 19 heavy (non-hydrogen) atoms. The van der Waals surface area contributed by atoms with E-state index in [2.05, 4.69) is 37.8 Å². The van der Waals surface area contributed by atoms with E-state index >= 15 is 0 Å². The Bertz CT molecular complexity index is 469. The van der Waals surface area contributed by atoms with Crippen molar-refractivity contribution < 1.29 is 0 Å². The minimum absolute atomic E-state index is 0.0630. The molecule has 3 nitrogen and oxygen atoms in total. The van der Waals surface area contributed by atoms with Crippen molar-refractivity contribution in [1.82, 2.24) is 10.3 Å². The summed E-state index contributed by atoms with van der Waals surface area (Å²) in [7, 11) is 1.83. The van der Waals surface area contributed by atoms with Crippen LogP contribution < -0.4 is 5.32 Å². The average molecular weight is 275 g/mol. The maximum absolute atomic E-state index is 5.27. The summed E-state index contributed by atoms with van der Waals surface area (Å²) in [6.45, 7) is 9.91. The highest BCUT2D eigenvalue weighted by Crippen LogP contribution is 2.04. The van der Waals surface area contributed by atoms with Gasteiger partial charge in [0, 0.05) is 12.6 Å². The molecule has 1 rings (SSSR count). The molecule has 0 saturated heterocycles. The zero-order chi connectivity index (χ0) is 14.5. The molecule has 0 bridgehead atoms. The second kappa shape index (κ2) is 6.48. The van der Waals surface area contributed by atoms with Gasteiger partial charge in [-0.05, 0) is 44.1 Å². The molecule has 0 heterocycles. The van der Waals surface area contributed by atoms with Crippen LogP contribution in [0.15, 0.2) is 35.9 Å². The van der Waals surface area contributed by atoms with Crippen molar-refractivity contribution in [3.05, 3.63) is 42.0 Å². The summed E-state index contributed by atoms with van der Waals surface area (Å²) in [5.41, 5.74) is 2.05. The van der Waals surface area contributed by atoms with Crippen molar-refractivity contribution in [2.24, 2.45) is 5.10 Å². The molecular weight excluding hydrogens is 254 g/mol. The van der Waals surface area contributed by atoms with Crippen LogP contribution in [-0.2, 0) is 0 Å². The monoisotopic (exact) mass is 275 g/mol. The summed E-state index contributed by atoms with van der Waals surface area (Å²) in [4.78, 5) is 0. The molecule has 102 valence electrons. The van der Waals surface area contributed by atoms with E-state index in [-0.39, 0.29) is 5.54 Å². The van der Waals surface area contributed by atoms with Gasteiger partial charge in [0.1, 0.15) is 0 Å². The third-order valence-corrected chi connectivity index (χ3v) is 2.69.